The number of nitrogens with one attached hydrogen (secondary N) is 1. The van der Waals surface area contributed by atoms with E-state index in [0.717, 1.165) is 24.3 Å². The van der Waals surface area contributed by atoms with Crippen LogP contribution < -0.4 is 10.2 Å². The Morgan fingerprint density at radius 2 is 1.83 bits per heavy atom. The first-order valence-electron chi connectivity index (χ1n) is 9.14. The van der Waals surface area contributed by atoms with E-state index < -0.39 is 36.0 Å². The fraction of sp³-hybridized carbons (Fsp3) is 0.286. The minimum absolute atomic E-state index is 0.189. The van der Waals surface area contributed by atoms with Gasteiger partial charge in [-0.25, -0.2) is 13.2 Å². The summed E-state index contributed by atoms with van der Waals surface area (Å²) < 4.78 is 46.0. The summed E-state index contributed by atoms with van der Waals surface area (Å²) in [5, 5.41) is 12.3. The number of halogens is 3. The lowest BCUT2D eigenvalue weighted by Crippen LogP contribution is -2.37. The second kappa shape index (κ2) is 9.58. The van der Waals surface area contributed by atoms with E-state index in [0.29, 0.717) is 37.6 Å². The standard InChI is InChI=1S/C21H21F3N2O3/c22-16-9-14(10-17(23)12-16)1-4-21(28)25-19(13-27)15-2-3-18(24)20(11-15)26-5-7-29-8-6-26/h1-4,9-12,19,27H,5-8,13H2,(H,25,28)/b4-1+/t19-/m0/s1. The first kappa shape index (κ1) is 20.9. The molecule has 0 radical (unpaired) electrons. The molecular formula is C21H21F3N2O3. The number of nitrogens with zero attached hydrogens (tertiary/aromatic N) is 1. The third-order valence-corrected chi connectivity index (χ3v) is 4.54. The first-order valence-corrected chi connectivity index (χ1v) is 9.14. The van der Waals surface area contributed by atoms with Crippen molar-refractivity contribution in [3.63, 3.8) is 0 Å². The zero-order valence-electron chi connectivity index (χ0n) is 15.6. The van der Waals surface area contributed by atoms with Crippen LogP contribution in [0.2, 0.25) is 0 Å². The van der Waals surface area contributed by atoms with Crippen molar-refractivity contribution in [3.05, 3.63) is 71.1 Å². The summed E-state index contributed by atoms with van der Waals surface area (Å²) in [5.41, 5.74) is 1.10. The Morgan fingerprint density at radius 3 is 2.48 bits per heavy atom. The summed E-state index contributed by atoms with van der Waals surface area (Å²) in [5.74, 6) is -2.46. The molecule has 1 saturated heterocycles. The predicted molar refractivity (Wildman–Crippen MR) is 103 cm³/mol. The summed E-state index contributed by atoms with van der Waals surface area (Å²) in [4.78, 5) is 14.0. The van der Waals surface area contributed by atoms with Crippen LogP contribution in [0.3, 0.4) is 0 Å². The lowest BCUT2D eigenvalue weighted by molar-refractivity contribution is -0.117. The van der Waals surface area contributed by atoms with E-state index in [9.17, 15) is 23.1 Å². The summed E-state index contributed by atoms with van der Waals surface area (Å²) in [6.07, 6.45) is 2.38. The number of morpholine rings is 1. The topological polar surface area (TPSA) is 61.8 Å². The average molecular weight is 406 g/mol. The highest BCUT2D eigenvalue weighted by molar-refractivity contribution is 5.92. The normalized spacial score (nSPS) is 15.5. The van der Waals surface area contributed by atoms with Gasteiger partial charge in [0.1, 0.15) is 17.5 Å². The van der Waals surface area contributed by atoms with Crippen LogP contribution in [0.1, 0.15) is 17.2 Å². The van der Waals surface area contributed by atoms with Crippen molar-refractivity contribution in [1.29, 1.82) is 0 Å². The van der Waals surface area contributed by atoms with Gasteiger partial charge in [0.2, 0.25) is 5.91 Å². The van der Waals surface area contributed by atoms with Crippen LogP contribution in [0.4, 0.5) is 18.9 Å². The summed E-state index contributed by atoms with van der Waals surface area (Å²) in [6, 6.07) is 6.52. The van der Waals surface area contributed by atoms with Gasteiger partial charge in [0.15, 0.2) is 0 Å². The number of carbonyl (C=O) groups is 1. The Hall–Kier alpha value is -2.84. The van der Waals surface area contributed by atoms with Crippen molar-refractivity contribution >= 4 is 17.7 Å². The zero-order chi connectivity index (χ0) is 20.8. The van der Waals surface area contributed by atoms with Gasteiger partial charge in [0.25, 0.3) is 0 Å². The average Bonchev–Trinajstić information content (AvgIpc) is 2.71. The second-order valence-corrected chi connectivity index (χ2v) is 6.59. The molecule has 1 aliphatic rings. The minimum Gasteiger partial charge on any atom is -0.394 e. The Bertz CT molecular complexity index is 878. The molecule has 2 aromatic rings. The van der Waals surface area contributed by atoms with E-state index in [2.05, 4.69) is 5.32 Å². The molecule has 0 spiro atoms. The van der Waals surface area contributed by atoms with Crippen LogP contribution in [-0.2, 0) is 9.53 Å². The fourth-order valence-electron chi connectivity index (χ4n) is 3.09. The lowest BCUT2D eigenvalue weighted by Gasteiger charge is -2.30. The molecule has 0 unspecified atom stereocenters. The molecule has 0 aromatic heterocycles. The van der Waals surface area contributed by atoms with Gasteiger partial charge in [0, 0.05) is 25.2 Å². The van der Waals surface area contributed by atoms with Crippen LogP contribution in [0.15, 0.2) is 42.5 Å². The van der Waals surface area contributed by atoms with Crippen LogP contribution in [0.25, 0.3) is 6.08 Å². The van der Waals surface area contributed by atoms with Crippen molar-refractivity contribution < 1.29 is 27.8 Å². The maximum absolute atomic E-state index is 14.3. The highest BCUT2D eigenvalue weighted by Crippen LogP contribution is 2.25. The van der Waals surface area contributed by atoms with E-state index >= 15 is 0 Å². The van der Waals surface area contributed by atoms with Gasteiger partial charge in [0.05, 0.1) is 31.5 Å². The van der Waals surface area contributed by atoms with Crippen molar-refractivity contribution in [1.82, 2.24) is 5.32 Å². The molecule has 1 atom stereocenters. The molecule has 3 rings (SSSR count). The number of rotatable bonds is 6. The maximum atomic E-state index is 14.3. The van der Waals surface area contributed by atoms with Gasteiger partial charge < -0.3 is 20.1 Å². The van der Waals surface area contributed by atoms with Crippen LogP contribution in [-0.4, -0.2) is 43.9 Å². The van der Waals surface area contributed by atoms with Crippen LogP contribution >= 0.6 is 0 Å². The van der Waals surface area contributed by atoms with Crippen LogP contribution in [0, 0.1) is 17.5 Å². The van der Waals surface area contributed by atoms with Crippen molar-refractivity contribution in [2.45, 2.75) is 6.04 Å². The quantitative estimate of drug-likeness (QED) is 0.725. The smallest absolute Gasteiger partial charge is 0.244 e. The Morgan fingerprint density at radius 1 is 1.14 bits per heavy atom. The number of hydrogen-bond donors (Lipinski definition) is 2. The SMILES string of the molecule is O=C(/C=C/c1cc(F)cc(F)c1)N[C@@H](CO)c1ccc(F)c(N2CCOCC2)c1. The summed E-state index contributed by atoms with van der Waals surface area (Å²) in [6.45, 7) is 1.68. The molecule has 1 aliphatic heterocycles. The fourth-order valence-corrected chi connectivity index (χ4v) is 3.09. The van der Waals surface area contributed by atoms with E-state index in [1.54, 1.807) is 6.07 Å². The third-order valence-electron chi connectivity index (χ3n) is 4.54. The van der Waals surface area contributed by atoms with E-state index in [-0.39, 0.29) is 5.56 Å². The maximum Gasteiger partial charge on any atom is 0.244 e. The number of hydrogen-bond acceptors (Lipinski definition) is 4. The monoisotopic (exact) mass is 406 g/mol. The number of anilines is 1. The number of benzene rings is 2. The number of aliphatic hydroxyl groups excluding tert-OH is 1. The molecule has 1 amide bonds. The first-order chi connectivity index (χ1) is 14.0. The number of carbonyl (C=O) groups excluding carboxylic acids is 1. The van der Waals surface area contributed by atoms with Gasteiger partial charge in [-0.3, -0.25) is 4.79 Å². The van der Waals surface area contributed by atoms with E-state index in [4.69, 9.17) is 4.74 Å². The Balaban J connectivity index is 1.72. The largest absolute Gasteiger partial charge is 0.394 e. The van der Waals surface area contributed by atoms with Gasteiger partial charge in [-0.1, -0.05) is 6.07 Å². The molecular weight excluding hydrogens is 385 g/mol. The summed E-state index contributed by atoms with van der Waals surface area (Å²) in [7, 11) is 0. The number of amides is 1. The van der Waals surface area contributed by atoms with Gasteiger partial charge in [-0.15, -0.1) is 0 Å². The highest BCUT2D eigenvalue weighted by atomic mass is 19.1. The molecule has 154 valence electrons. The van der Waals surface area contributed by atoms with Crippen molar-refractivity contribution in [3.8, 4) is 0 Å². The van der Waals surface area contributed by atoms with E-state index in [1.807, 2.05) is 4.90 Å². The summed E-state index contributed by atoms with van der Waals surface area (Å²) >= 11 is 0. The molecule has 0 aliphatic carbocycles. The van der Waals surface area contributed by atoms with E-state index in [1.165, 1.54) is 18.2 Å². The molecule has 5 nitrogen and oxygen atoms in total. The van der Waals surface area contributed by atoms with Gasteiger partial charge >= 0.3 is 0 Å². The van der Waals surface area contributed by atoms with Crippen LogP contribution in [0.5, 0.6) is 0 Å². The molecule has 1 fully saturated rings. The zero-order valence-corrected chi connectivity index (χ0v) is 15.6. The highest BCUT2D eigenvalue weighted by Gasteiger charge is 2.19. The second-order valence-electron chi connectivity index (χ2n) is 6.59. The third kappa shape index (κ3) is 5.58. The molecule has 2 N–H and O–H groups in total. The van der Waals surface area contributed by atoms with Gasteiger partial charge in [-0.2, -0.15) is 0 Å². The molecule has 8 heteroatoms. The minimum atomic E-state index is -0.767. The molecule has 1 heterocycles. The van der Waals surface area contributed by atoms with Gasteiger partial charge in [-0.05, 0) is 41.5 Å². The van der Waals surface area contributed by atoms with Crippen molar-refractivity contribution in [2.24, 2.45) is 0 Å². The molecule has 0 saturated carbocycles. The molecule has 29 heavy (non-hydrogen) atoms. The predicted octanol–water partition coefficient (Wildman–Crippen LogP) is 2.80. The Kier molecular flexibility index (Phi) is 6.90. The Labute approximate surface area is 166 Å². The molecule has 0 bridgehead atoms. The lowest BCUT2D eigenvalue weighted by atomic mass is 10.1. The number of aliphatic hydroxyl groups is 1. The molecule has 2 aromatic carbocycles. The number of ether oxygens (including phenoxy) is 1. The van der Waals surface area contributed by atoms with Crippen molar-refractivity contribution in [2.75, 3.05) is 37.8 Å².